The van der Waals surface area contributed by atoms with Gasteiger partial charge in [-0.1, -0.05) is 28.9 Å². The molecule has 1 aliphatic carbocycles. The Kier molecular flexibility index (Phi) is 3.33. The van der Waals surface area contributed by atoms with Crippen LogP contribution in [0.5, 0.6) is 0 Å². The SMILES string of the molecule is CCOC(=O)C1C(=O)c2cc(Br)ccc2C1C. The van der Waals surface area contributed by atoms with Gasteiger partial charge in [-0.3, -0.25) is 9.59 Å². The number of halogens is 1. The third-order valence-corrected chi connectivity index (χ3v) is 3.59. The molecule has 0 fully saturated rings. The minimum absolute atomic E-state index is 0.107. The largest absolute Gasteiger partial charge is 0.465 e. The van der Waals surface area contributed by atoms with E-state index in [1.54, 1.807) is 13.0 Å². The van der Waals surface area contributed by atoms with Crippen molar-refractivity contribution in [3.8, 4) is 0 Å². The molecular weight excluding hydrogens is 284 g/mol. The number of fused-ring (bicyclic) bond motifs is 1. The quantitative estimate of drug-likeness (QED) is 0.622. The van der Waals surface area contributed by atoms with Crippen molar-refractivity contribution in [2.45, 2.75) is 19.8 Å². The molecule has 1 aliphatic rings. The average Bonchev–Trinajstić information content (AvgIpc) is 2.52. The van der Waals surface area contributed by atoms with Crippen LogP contribution in [0.4, 0.5) is 0 Å². The molecule has 0 bridgehead atoms. The van der Waals surface area contributed by atoms with Gasteiger partial charge in [-0.15, -0.1) is 0 Å². The Bertz CT molecular complexity index is 482. The topological polar surface area (TPSA) is 43.4 Å². The van der Waals surface area contributed by atoms with Gasteiger partial charge >= 0.3 is 5.97 Å². The smallest absolute Gasteiger partial charge is 0.317 e. The van der Waals surface area contributed by atoms with Gasteiger partial charge in [0.25, 0.3) is 0 Å². The third-order valence-electron chi connectivity index (χ3n) is 3.09. The highest BCUT2D eigenvalue weighted by atomic mass is 79.9. The van der Waals surface area contributed by atoms with Crippen molar-refractivity contribution in [2.24, 2.45) is 5.92 Å². The number of carbonyl (C=O) groups excluding carboxylic acids is 2. The van der Waals surface area contributed by atoms with E-state index >= 15 is 0 Å². The summed E-state index contributed by atoms with van der Waals surface area (Å²) in [5.41, 5.74) is 1.56. The highest BCUT2D eigenvalue weighted by molar-refractivity contribution is 9.10. The van der Waals surface area contributed by atoms with E-state index in [0.717, 1.165) is 10.0 Å². The number of carbonyl (C=O) groups is 2. The van der Waals surface area contributed by atoms with Gasteiger partial charge in [-0.2, -0.15) is 0 Å². The fraction of sp³-hybridized carbons (Fsp3) is 0.385. The van der Waals surface area contributed by atoms with E-state index in [2.05, 4.69) is 15.9 Å². The van der Waals surface area contributed by atoms with Crippen LogP contribution < -0.4 is 0 Å². The number of Topliss-reactive ketones (excluding diaryl/α,β-unsaturated/α-hetero) is 1. The molecule has 4 heteroatoms. The second-order valence-corrected chi connectivity index (χ2v) is 5.03. The lowest BCUT2D eigenvalue weighted by Crippen LogP contribution is -2.25. The summed E-state index contributed by atoms with van der Waals surface area (Å²) >= 11 is 3.33. The van der Waals surface area contributed by atoms with Crippen molar-refractivity contribution in [1.29, 1.82) is 0 Å². The molecule has 2 rings (SSSR count). The van der Waals surface area contributed by atoms with Gasteiger partial charge in [0.1, 0.15) is 5.92 Å². The number of esters is 1. The van der Waals surface area contributed by atoms with Crippen molar-refractivity contribution in [3.63, 3.8) is 0 Å². The number of benzene rings is 1. The Morgan fingerprint density at radius 2 is 2.18 bits per heavy atom. The minimum Gasteiger partial charge on any atom is -0.465 e. The molecule has 2 atom stereocenters. The highest BCUT2D eigenvalue weighted by Crippen LogP contribution is 2.39. The minimum atomic E-state index is -0.681. The van der Waals surface area contributed by atoms with Gasteiger partial charge in [0.15, 0.2) is 5.78 Å². The predicted molar refractivity (Wildman–Crippen MR) is 67.0 cm³/mol. The first-order valence-electron chi connectivity index (χ1n) is 5.56. The maximum absolute atomic E-state index is 12.2. The summed E-state index contributed by atoms with van der Waals surface area (Å²) < 4.78 is 5.81. The van der Waals surface area contributed by atoms with Gasteiger partial charge in [0.2, 0.25) is 0 Å². The Hall–Kier alpha value is -1.16. The molecule has 0 radical (unpaired) electrons. The molecule has 0 amide bonds. The predicted octanol–water partition coefficient (Wildman–Crippen LogP) is 2.93. The second kappa shape index (κ2) is 4.61. The number of rotatable bonds is 2. The second-order valence-electron chi connectivity index (χ2n) is 4.11. The average molecular weight is 297 g/mol. The molecule has 0 N–H and O–H groups in total. The van der Waals surface area contributed by atoms with E-state index in [4.69, 9.17) is 4.74 Å². The molecule has 0 saturated heterocycles. The fourth-order valence-electron chi connectivity index (χ4n) is 2.26. The van der Waals surface area contributed by atoms with Gasteiger partial charge in [0.05, 0.1) is 6.61 Å². The van der Waals surface area contributed by atoms with Gasteiger partial charge < -0.3 is 4.74 Å². The molecule has 0 heterocycles. The molecule has 0 spiro atoms. The van der Waals surface area contributed by atoms with Crippen LogP contribution in [0, 0.1) is 5.92 Å². The van der Waals surface area contributed by atoms with Crippen molar-refractivity contribution in [1.82, 2.24) is 0 Å². The lowest BCUT2D eigenvalue weighted by atomic mass is 9.94. The van der Waals surface area contributed by atoms with Gasteiger partial charge in [-0.05, 0) is 24.6 Å². The molecule has 0 saturated carbocycles. The van der Waals surface area contributed by atoms with E-state index in [0.29, 0.717) is 12.2 Å². The monoisotopic (exact) mass is 296 g/mol. The van der Waals surface area contributed by atoms with Crippen molar-refractivity contribution >= 4 is 27.7 Å². The molecule has 2 unspecified atom stereocenters. The Morgan fingerprint density at radius 3 is 2.82 bits per heavy atom. The van der Waals surface area contributed by atoms with E-state index in [1.165, 1.54) is 0 Å². The van der Waals surface area contributed by atoms with E-state index in [1.807, 2.05) is 19.1 Å². The normalized spacial score (nSPS) is 22.4. The van der Waals surface area contributed by atoms with Crippen molar-refractivity contribution in [2.75, 3.05) is 6.61 Å². The zero-order valence-corrected chi connectivity index (χ0v) is 11.3. The summed E-state index contributed by atoms with van der Waals surface area (Å²) in [5, 5.41) is 0. The zero-order chi connectivity index (χ0) is 12.6. The van der Waals surface area contributed by atoms with Gasteiger partial charge in [0, 0.05) is 16.0 Å². The standard InChI is InChI=1S/C13H13BrO3/c1-3-17-13(16)11-7(2)9-5-4-8(14)6-10(9)12(11)15/h4-7,11H,3H2,1-2H3. The first-order chi connectivity index (χ1) is 8.06. The number of hydrogen-bond donors (Lipinski definition) is 0. The Labute approximate surface area is 108 Å². The Balaban J connectivity index is 2.38. The first kappa shape index (κ1) is 12.3. The molecule has 1 aromatic carbocycles. The van der Waals surface area contributed by atoms with Crippen LogP contribution in [0.3, 0.4) is 0 Å². The maximum atomic E-state index is 12.2. The summed E-state index contributed by atoms with van der Waals surface area (Å²) in [6, 6.07) is 5.55. The highest BCUT2D eigenvalue weighted by Gasteiger charge is 2.42. The van der Waals surface area contributed by atoms with E-state index in [9.17, 15) is 9.59 Å². The summed E-state index contributed by atoms with van der Waals surface area (Å²) in [7, 11) is 0. The molecule has 0 aliphatic heterocycles. The Morgan fingerprint density at radius 1 is 1.47 bits per heavy atom. The lowest BCUT2D eigenvalue weighted by molar-refractivity contribution is -0.146. The van der Waals surface area contributed by atoms with Crippen LogP contribution >= 0.6 is 15.9 Å². The summed E-state index contributed by atoms with van der Waals surface area (Å²) in [6.45, 7) is 3.93. The summed E-state index contributed by atoms with van der Waals surface area (Å²) in [4.78, 5) is 23.9. The van der Waals surface area contributed by atoms with Crippen LogP contribution in [-0.2, 0) is 9.53 Å². The number of ketones is 1. The molecule has 1 aromatic rings. The van der Waals surface area contributed by atoms with Crippen molar-refractivity contribution < 1.29 is 14.3 Å². The summed E-state index contributed by atoms with van der Waals surface area (Å²) in [5.74, 6) is -1.34. The third kappa shape index (κ3) is 2.02. The lowest BCUT2D eigenvalue weighted by Gasteiger charge is -2.12. The molecule has 3 nitrogen and oxygen atoms in total. The number of ether oxygens (including phenoxy) is 1. The van der Waals surface area contributed by atoms with Gasteiger partial charge in [-0.25, -0.2) is 0 Å². The van der Waals surface area contributed by atoms with E-state index < -0.39 is 11.9 Å². The molecule has 17 heavy (non-hydrogen) atoms. The van der Waals surface area contributed by atoms with E-state index in [-0.39, 0.29) is 11.7 Å². The molecule has 90 valence electrons. The van der Waals surface area contributed by atoms with Crippen LogP contribution in [0.15, 0.2) is 22.7 Å². The molecular formula is C13H13BrO3. The van der Waals surface area contributed by atoms with Crippen LogP contribution in [-0.4, -0.2) is 18.4 Å². The fourth-order valence-corrected chi connectivity index (χ4v) is 2.62. The first-order valence-corrected chi connectivity index (χ1v) is 6.35. The zero-order valence-electron chi connectivity index (χ0n) is 9.70. The summed E-state index contributed by atoms with van der Waals surface area (Å²) in [6.07, 6.45) is 0. The van der Waals surface area contributed by atoms with Crippen molar-refractivity contribution in [3.05, 3.63) is 33.8 Å². The maximum Gasteiger partial charge on any atom is 0.317 e. The van der Waals surface area contributed by atoms with Crippen LogP contribution in [0.1, 0.15) is 35.7 Å². The van der Waals surface area contributed by atoms with Crippen LogP contribution in [0.2, 0.25) is 0 Å². The number of hydrogen-bond acceptors (Lipinski definition) is 3. The van der Waals surface area contributed by atoms with Crippen LogP contribution in [0.25, 0.3) is 0 Å². The molecule has 0 aromatic heterocycles.